The van der Waals surface area contributed by atoms with Gasteiger partial charge in [-0.1, -0.05) is 15.9 Å². The van der Waals surface area contributed by atoms with Crippen molar-refractivity contribution in [1.82, 2.24) is 0 Å². The highest BCUT2D eigenvalue weighted by atomic mass is 127. The van der Waals surface area contributed by atoms with Gasteiger partial charge in [0, 0.05) is 20.0 Å². The summed E-state index contributed by atoms with van der Waals surface area (Å²) in [6, 6.07) is 5.87. The molecule has 0 N–H and O–H groups in total. The van der Waals surface area contributed by atoms with E-state index in [1.165, 1.54) is 12.8 Å². The highest BCUT2D eigenvalue weighted by Crippen LogP contribution is 2.34. The summed E-state index contributed by atoms with van der Waals surface area (Å²) in [6.07, 6.45) is 3.19. The molecule has 1 aliphatic carbocycles. The molecule has 74 valence electrons. The number of rotatable bonds is 3. The SMILES string of the molecule is O=C(CC1CC1)c1cc(Br)ccc1I. The van der Waals surface area contributed by atoms with Crippen LogP contribution in [0.15, 0.2) is 22.7 Å². The summed E-state index contributed by atoms with van der Waals surface area (Å²) < 4.78 is 2.04. The summed E-state index contributed by atoms with van der Waals surface area (Å²) in [5, 5.41) is 0. The van der Waals surface area contributed by atoms with E-state index in [2.05, 4.69) is 38.5 Å². The third kappa shape index (κ3) is 2.57. The van der Waals surface area contributed by atoms with E-state index >= 15 is 0 Å². The fraction of sp³-hybridized carbons (Fsp3) is 0.364. The Kier molecular flexibility index (Phi) is 3.27. The summed E-state index contributed by atoms with van der Waals surface area (Å²) in [7, 11) is 0. The summed E-state index contributed by atoms with van der Waals surface area (Å²) in [5.74, 6) is 0.954. The highest BCUT2D eigenvalue weighted by molar-refractivity contribution is 14.1. The lowest BCUT2D eigenvalue weighted by atomic mass is 10.1. The molecule has 0 aromatic heterocycles. The quantitative estimate of drug-likeness (QED) is 0.584. The first-order chi connectivity index (χ1) is 6.66. The zero-order valence-corrected chi connectivity index (χ0v) is 11.3. The van der Waals surface area contributed by atoms with Crippen molar-refractivity contribution >= 4 is 44.3 Å². The molecule has 1 aromatic rings. The molecule has 0 aliphatic heterocycles. The molecule has 0 amide bonds. The second-order valence-electron chi connectivity index (χ2n) is 3.69. The largest absolute Gasteiger partial charge is 0.294 e. The predicted molar refractivity (Wildman–Crippen MR) is 68.5 cm³/mol. The third-order valence-corrected chi connectivity index (χ3v) is 3.83. The van der Waals surface area contributed by atoms with Crippen molar-refractivity contribution < 1.29 is 4.79 Å². The molecule has 3 heteroatoms. The van der Waals surface area contributed by atoms with Gasteiger partial charge in [-0.25, -0.2) is 0 Å². The second kappa shape index (κ2) is 4.31. The Balaban J connectivity index is 2.20. The monoisotopic (exact) mass is 364 g/mol. The van der Waals surface area contributed by atoms with E-state index in [1.807, 2.05) is 18.2 Å². The summed E-state index contributed by atoms with van der Waals surface area (Å²) in [5.41, 5.74) is 0.867. The number of carbonyl (C=O) groups is 1. The van der Waals surface area contributed by atoms with Crippen molar-refractivity contribution in [2.24, 2.45) is 5.92 Å². The van der Waals surface area contributed by atoms with E-state index in [4.69, 9.17) is 0 Å². The van der Waals surface area contributed by atoms with E-state index in [-0.39, 0.29) is 0 Å². The fourth-order valence-electron chi connectivity index (χ4n) is 1.41. The number of halogens is 2. The number of benzene rings is 1. The van der Waals surface area contributed by atoms with Crippen molar-refractivity contribution in [1.29, 1.82) is 0 Å². The first-order valence-electron chi connectivity index (χ1n) is 4.65. The number of Topliss-reactive ketones (excluding diaryl/α,β-unsaturated/α-hetero) is 1. The van der Waals surface area contributed by atoms with E-state index in [1.54, 1.807) is 0 Å². The van der Waals surface area contributed by atoms with Gasteiger partial charge >= 0.3 is 0 Å². The Hall–Kier alpha value is 0.1000. The van der Waals surface area contributed by atoms with Crippen LogP contribution in [0.5, 0.6) is 0 Å². The van der Waals surface area contributed by atoms with Crippen LogP contribution in [-0.2, 0) is 0 Å². The van der Waals surface area contributed by atoms with Crippen LogP contribution in [0, 0.1) is 9.49 Å². The molecular weight excluding hydrogens is 355 g/mol. The van der Waals surface area contributed by atoms with Crippen molar-refractivity contribution in [2.45, 2.75) is 19.3 Å². The molecule has 0 spiro atoms. The normalized spacial score (nSPS) is 15.6. The van der Waals surface area contributed by atoms with Gasteiger partial charge in [-0.05, 0) is 59.5 Å². The molecule has 1 aromatic carbocycles. The molecule has 2 rings (SSSR count). The smallest absolute Gasteiger partial charge is 0.164 e. The summed E-state index contributed by atoms with van der Waals surface area (Å²) in [6.45, 7) is 0. The van der Waals surface area contributed by atoms with Gasteiger partial charge in [-0.15, -0.1) is 0 Å². The Labute approximate surface area is 106 Å². The average molecular weight is 365 g/mol. The van der Waals surface area contributed by atoms with Crippen molar-refractivity contribution in [3.63, 3.8) is 0 Å². The molecule has 1 saturated carbocycles. The Bertz CT molecular complexity index is 372. The third-order valence-electron chi connectivity index (χ3n) is 2.40. The van der Waals surface area contributed by atoms with E-state index in [0.717, 1.165) is 20.0 Å². The first-order valence-corrected chi connectivity index (χ1v) is 6.52. The van der Waals surface area contributed by atoms with E-state index in [9.17, 15) is 4.79 Å². The van der Waals surface area contributed by atoms with Crippen molar-refractivity contribution in [3.05, 3.63) is 31.8 Å². The van der Waals surface area contributed by atoms with Crippen molar-refractivity contribution in [2.75, 3.05) is 0 Å². The minimum Gasteiger partial charge on any atom is -0.294 e. The lowest BCUT2D eigenvalue weighted by Gasteiger charge is -2.03. The van der Waals surface area contributed by atoms with Crippen LogP contribution in [0.2, 0.25) is 0 Å². The lowest BCUT2D eigenvalue weighted by molar-refractivity contribution is 0.0975. The van der Waals surface area contributed by atoms with Crippen LogP contribution in [0.4, 0.5) is 0 Å². The van der Waals surface area contributed by atoms with Crippen LogP contribution < -0.4 is 0 Å². The Morgan fingerprint density at radius 2 is 2.21 bits per heavy atom. The molecule has 0 radical (unpaired) electrons. The second-order valence-corrected chi connectivity index (χ2v) is 5.77. The van der Waals surface area contributed by atoms with Crippen molar-refractivity contribution in [3.8, 4) is 0 Å². The minimum atomic E-state index is 0.290. The molecular formula is C11H10BrIO. The van der Waals surface area contributed by atoms with Gasteiger partial charge in [0.1, 0.15) is 0 Å². The molecule has 0 heterocycles. The lowest BCUT2D eigenvalue weighted by Crippen LogP contribution is -2.02. The van der Waals surface area contributed by atoms with Gasteiger partial charge in [0.2, 0.25) is 0 Å². The minimum absolute atomic E-state index is 0.290. The molecule has 0 bridgehead atoms. The van der Waals surface area contributed by atoms with Crippen LogP contribution in [0.3, 0.4) is 0 Å². The maximum absolute atomic E-state index is 11.8. The summed E-state index contributed by atoms with van der Waals surface area (Å²) >= 11 is 5.61. The van der Waals surface area contributed by atoms with Gasteiger partial charge < -0.3 is 0 Å². The molecule has 14 heavy (non-hydrogen) atoms. The first kappa shape index (κ1) is 10.6. The van der Waals surface area contributed by atoms with E-state index in [0.29, 0.717) is 11.7 Å². The predicted octanol–water partition coefficient (Wildman–Crippen LogP) is 4.04. The molecule has 0 saturated heterocycles. The van der Waals surface area contributed by atoms with Gasteiger partial charge in [0.25, 0.3) is 0 Å². The number of ketones is 1. The molecule has 1 fully saturated rings. The highest BCUT2D eigenvalue weighted by Gasteiger charge is 2.25. The van der Waals surface area contributed by atoms with Crippen LogP contribution >= 0.6 is 38.5 Å². The van der Waals surface area contributed by atoms with Crippen LogP contribution in [-0.4, -0.2) is 5.78 Å². The molecule has 0 unspecified atom stereocenters. The van der Waals surface area contributed by atoms with Gasteiger partial charge in [-0.3, -0.25) is 4.79 Å². The van der Waals surface area contributed by atoms with E-state index < -0.39 is 0 Å². The fourth-order valence-corrected chi connectivity index (χ4v) is 2.40. The van der Waals surface area contributed by atoms with Gasteiger partial charge in [0.15, 0.2) is 5.78 Å². The van der Waals surface area contributed by atoms with Crippen LogP contribution in [0.1, 0.15) is 29.6 Å². The number of carbonyl (C=O) groups excluding carboxylic acids is 1. The van der Waals surface area contributed by atoms with Gasteiger partial charge in [0.05, 0.1) is 0 Å². The number of hydrogen-bond donors (Lipinski definition) is 0. The number of hydrogen-bond acceptors (Lipinski definition) is 1. The zero-order valence-electron chi connectivity index (χ0n) is 7.59. The Morgan fingerprint density at radius 3 is 2.86 bits per heavy atom. The molecule has 0 atom stereocenters. The topological polar surface area (TPSA) is 17.1 Å². The van der Waals surface area contributed by atoms with Gasteiger partial charge in [-0.2, -0.15) is 0 Å². The molecule has 1 nitrogen and oxygen atoms in total. The van der Waals surface area contributed by atoms with Crippen LogP contribution in [0.25, 0.3) is 0 Å². The maximum Gasteiger partial charge on any atom is 0.164 e. The zero-order chi connectivity index (χ0) is 10.1. The average Bonchev–Trinajstić information content (AvgIpc) is 2.93. The molecule has 1 aliphatic rings. The Morgan fingerprint density at radius 1 is 1.50 bits per heavy atom. The summed E-state index contributed by atoms with van der Waals surface area (Å²) in [4.78, 5) is 11.8. The standard InChI is InChI=1S/C11H10BrIO/c12-8-3-4-10(13)9(6-8)11(14)5-7-1-2-7/h3-4,6-7H,1-2,5H2. The maximum atomic E-state index is 11.8.